The number of hydrogen-bond donors (Lipinski definition) is 0. The van der Waals surface area contributed by atoms with Crippen LogP contribution in [0.25, 0.3) is 0 Å². The van der Waals surface area contributed by atoms with Crippen molar-refractivity contribution in [1.82, 2.24) is 0 Å². The zero-order valence-corrected chi connectivity index (χ0v) is 13.6. The Morgan fingerprint density at radius 2 is 2.12 bits per heavy atom. The van der Waals surface area contributed by atoms with Gasteiger partial charge in [0, 0.05) is 15.4 Å². The molecule has 5 heteroatoms. The standard InChI is InChI=1S/C12H15IO2S2/c1-7-5-8(12-16-3-4-17-12)6-9(10(7)13)11(14)15-2/h5-6,9-10,12H,3-4H2,1-2H3. The Bertz CT molecular complexity index is 373. The molecule has 94 valence electrons. The lowest BCUT2D eigenvalue weighted by molar-refractivity contribution is -0.143. The molecule has 0 spiro atoms. The quantitative estimate of drug-likeness (QED) is 0.416. The van der Waals surface area contributed by atoms with E-state index in [1.54, 1.807) is 0 Å². The molecule has 1 fully saturated rings. The molecule has 0 bridgehead atoms. The van der Waals surface area contributed by atoms with Gasteiger partial charge in [-0.15, -0.1) is 23.5 Å². The van der Waals surface area contributed by atoms with Crippen LogP contribution in [0.4, 0.5) is 0 Å². The summed E-state index contributed by atoms with van der Waals surface area (Å²) < 4.78 is 5.61. The topological polar surface area (TPSA) is 26.3 Å². The molecule has 2 nitrogen and oxygen atoms in total. The highest BCUT2D eigenvalue weighted by molar-refractivity contribution is 14.1. The molecule has 1 saturated heterocycles. The number of carbonyl (C=O) groups excluding carboxylic acids is 1. The molecule has 2 aliphatic rings. The van der Waals surface area contributed by atoms with Crippen molar-refractivity contribution in [1.29, 1.82) is 0 Å². The molecule has 0 radical (unpaired) electrons. The highest BCUT2D eigenvalue weighted by atomic mass is 127. The van der Waals surface area contributed by atoms with E-state index < -0.39 is 0 Å². The first-order valence-corrected chi connectivity index (χ1v) is 8.83. The van der Waals surface area contributed by atoms with Crippen molar-refractivity contribution in [3.05, 3.63) is 23.3 Å². The Hall–Kier alpha value is 0.380. The summed E-state index contributed by atoms with van der Waals surface area (Å²) in [5, 5.41) is 0. The fourth-order valence-electron chi connectivity index (χ4n) is 1.99. The van der Waals surface area contributed by atoms with Gasteiger partial charge in [0.15, 0.2) is 0 Å². The maximum atomic E-state index is 11.8. The van der Waals surface area contributed by atoms with E-state index in [4.69, 9.17) is 4.74 Å². The van der Waals surface area contributed by atoms with Crippen molar-refractivity contribution >= 4 is 52.1 Å². The van der Waals surface area contributed by atoms with Crippen LogP contribution in [0.15, 0.2) is 23.3 Å². The number of rotatable bonds is 2. The third-order valence-electron chi connectivity index (χ3n) is 2.88. The third-order valence-corrected chi connectivity index (χ3v) is 7.75. The Morgan fingerprint density at radius 1 is 1.47 bits per heavy atom. The predicted octanol–water partition coefficient (Wildman–Crippen LogP) is 3.27. The molecule has 0 aromatic heterocycles. The molecule has 0 aromatic rings. The van der Waals surface area contributed by atoms with Crippen LogP contribution < -0.4 is 0 Å². The molecule has 2 atom stereocenters. The fourth-order valence-corrected chi connectivity index (χ4v) is 5.51. The Labute approximate surface area is 124 Å². The van der Waals surface area contributed by atoms with Crippen molar-refractivity contribution < 1.29 is 9.53 Å². The first-order valence-electron chi connectivity index (χ1n) is 5.48. The lowest BCUT2D eigenvalue weighted by Gasteiger charge is -2.25. The predicted molar refractivity (Wildman–Crippen MR) is 83.9 cm³/mol. The van der Waals surface area contributed by atoms with Gasteiger partial charge in [0.25, 0.3) is 0 Å². The summed E-state index contributed by atoms with van der Waals surface area (Å²) in [6.45, 7) is 2.10. The monoisotopic (exact) mass is 382 g/mol. The van der Waals surface area contributed by atoms with Gasteiger partial charge < -0.3 is 4.74 Å². The minimum Gasteiger partial charge on any atom is -0.469 e. The molecular weight excluding hydrogens is 367 g/mol. The number of thioether (sulfide) groups is 2. The van der Waals surface area contributed by atoms with Gasteiger partial charge in [-0.05, 0) is 12.5 Å². The van der Waals surface area contributed by atoms with E-state index in [0.29, 0.717) is 4.58 Å². The molecule has 1 aliphatic carbocycles. The van der Waals surface area contributed by atoms with Crippen molar-refractivity contribution in [3.8, 4) is 0 Å². The zero-order chi connectivity index (χ0) is 12.4. The number of allylic oxidation sites excluding steroid dienone is 2. The van der Waals surface area contributed by atoms with E-state index in [9.17, 15) is 4.79 Å². The van der Waals surface area contributed by atoms with Crippen molar-refractivity contribution in [2.75, 3.05) is 18.6 Å². The Morgan fingerprint density at radius 3 is 2.71 bits per heavy atom. The maximum absolute atomic E-state index is 11.8. The summed E-state index contributed by atoms with van der Waals surface area (Å²) in [5.74, 6) is 2.16. The Balaban J connectivity index is 2.22. The van der Waals surface area contributed by atoms with Gasteiger partial charge in [-0.3, -0.25) is 4.79 Å². The number of carbonyl (C=O) groups is 1. The number of methoxy groups -OCH3 is 1. The van der Waals surface area contributed by atoms with E-state index in [-0.39, 0.29) is 15.8 Å². The van der Waals surface area contributed by atoms with Gasteiger partial charge in [-0.1, -0.05) is 40.3 Å². The number of ether oxygens (including phenoxy) is 1. The fraction of sp³-hybridized carbons (Fsp3) is 0.583. The molecule has 1 aliphatic heterocycles. The normalized spacial score (nSPS) is 29.8. The van der Waals surface area contributed by atoms with Crippen LogP contribution >= 0.6 is 46.1 Å². The number of hydrogen-bond acceptors (Lipinski definition) is 4. The highest BCUT2D eigenvalue weighted by Gasteiger charge is 2.32. The molecule has 2 rings (SSSR count). The molecule has 0 amide bonds. The second-order valence-electron chi connectivity index (χ2n) is 4.08. The molecule has 2 unspecified atom stereocenters. The molecule has 0 N–H and O–H groups in total. The van der Waals surface area contributed by atoms with Crippen LogP contribution in [-0.2, 0) is 9.53 Å². The zero-order valence-electron chi connectivity index (χ0n) is 9.81. The van der Waals surface area contributed by atoms with Crippen molar-refractivity contribution in [2.24, 2.45) is 5.92 Å². The lowest BCUT2D eigenvalue weighted by Crippen LogP contribution is -2.27. The second kappa shape index (κ2) is 6.02. The summed E-state index contributed by atoms with van der Waals surface area (Å²) in [6, 6.07) is 0. The lowest BCUT2D eigenvalue weighted by atomic mass is 9.91. The minimum absolute atomic E-state index is 0.123. The molecule has 0 saturated carbocycles. The van der Waals surface area contributed by atoms with Gasteiger partial charge >= 0.3 is 5.97 Å². The van der Waals surface area contributed by atoms with Crippen molar-refractivity contribution in [2.45, 2.75) is 15.4 Å². The molecular formula is C12H15IO2S2. The van der Waals surface area contributed by atoms with E-state index in [0.717, 1.165) is 0 Å². The van der Waals surface area contributed by atoms with Gasteiger partial charge in [0.2, 0.25) is 0 Å². The van der Waals surface area contributed by atoms with Crippen LogP contribution in [0.1, 0.15) is 6.92 Å². The summed E-state index contributed by atoms with van der Waals surface area (Å²) in [4.78, 5) is 11.8. The van der Waals surface area contributed by atoms with Crippen molar-refractivity contribution in [3.63, 3.8) is 0 Å². The van der Waals surface area contributed by atoms with E-state index in [2.05, 4.69) is 41.7 Å². The SMILES string of the molecule is COC(=O)C1C=C(C2SCCS2)C=C(C)C1I. The van der Waals surface area contributed by atoms with Gasteiger partial charge in [0.05, 0.1) is 17.6 Å². The first kappa shape index (κ1) is 13.8. The number of alkyl halides is 1. The number of esters is 1. The Kier molecular flexibility index (Phi) is 4.88. The molecule has 1 heterocycles. The van der Waals surface area contributed by atoms with E-state index >= 15 is 0 Å². The van der Waals surface area contributed by atoms with E-state index in [1.807, 2.05) is 23.5 Å². The summed E-state index contributed by atoms with van der Waals surface area (Å²) >= 11 is 6.27. The van der Waals surface area contributed by atoms with Crippen LogP contribution in [0.3, 0.4) is 0 Å². The van der Waals surface area contributed by atoms with Gasteiger partial charge in [-0.25, -0.2) is 0 Å². The average molecular weight is 382 g/mol. The summed E-state index contributed by atoms with van der Waals surface area (Å²) in [5.41, 5.74) is 2.56. The third kappa shape index (κ3) is 3.04. The number of halogens is 1. The molecule has 17 heavy (non-hydrogen) atoms. The second-order valence-corrected chi connectivity index (χ2v) is 8.15. The highest BCUT2D eigenvalue weighted by Crippen LogP contribution is 2.41. The summed E-state index contributed by atoms with van der Waals surface area (Å²) in [6.07, 6.45) is 4.35. The minimum atomic E-state index is -0.123. The maximum Gasteiger partial charge on any atom is 0.313 e. The van der Waals surface area contributed by atoms with Crippen LogP contribution in [0.2, 0.25) is 0 Å². The van der Waals surface area contributed by atoms with E-state index in [1.165, 1.54) is 29.8 Å². The summed E-state index contributed by atoms with van der Waals surface area (Å²) in [7, 11) is 1.46. The smallest absolute Gasteiger partial charge is 0.313 e. The first-order chi connectivity index (χ1) is 8.13. The average Bonchev–Trinajstić information content (AvgIpc) is 2.85. The largest absolute Gasteiger partial charge is 0.469 e. The van der Waals surface area contributed by atoms with Crippen LogP contribution in [0.5, 0.6) is 0 Å². The van der Waals surface area contributed by atoms with Gasteiger partial charge in [-0.2, -0.15) is 0 Å². The molecule has 0 aromatic carbocycles. The van der Waals surface area contributed by atoms with Crippen LogP contribution in [0, 0.1) is 5.92 Å². The van der Waals surface area contributed by atoms with Crippen LogP contribution in [-0.4, -0.2) is 33.1 Å². The van der Waals surface area contributed by atoms with Gasteiger partial charge in [0.1, 0.15) is 0 Å².